The number of aromatic nitrogens is 1. The molecule has 0 aliphatic rings. The molecule has 2 rings (SSSR count). The summed E-state index contributed by atoms with van der Waals surface area (Å²) in [5.41, 5.74) is 5.70. The number of nitrogens with one attached hydrogen (secondary N) is 1. The topological polar surface area (TPSA) is 15.8 Å². The molecule has 0 radical (unpaired) electrons. The van der Waals surface area contributed by atoms with Crippen LogP contribution in [-0.2, 0) is 0 Å². The van der Waals surface area contributed by atoms with Gasteiger partial charge in [-0.25, -0.2) is 0 Å². The van der Waals surface area contributed by atoms with Crippen LogP contribution >= 0.6 is 0 Å². The first-order valence-corrected chi connectivity index (χ1v) is 5.03. The molecule has 1 aromatic carbocycles. The van der Waals surface area contributed by atoms with Gasteiger partial charge in [0.1, 0.15) is 0 Å². The van der Waals surface area contributed by atoms with Crippen molar-refractivity contribution in [1.29, 1.82) is 0 Å². The van der Waals surface area contributed by atoms with Crippen LogP contribution in [0.2, 0.25) is 0 Å². The number of hydrogen-bond donors (Lipinski definition) is 1. The Morgan fingerprint density at radius 1 is 1.07 bits per heavy atom. The Morgan fingerprint density at radius 2 is 1.73 bits per heavy atom. The summed E-state index contributed by atoms with van der Waals surface area (Å²) in [5, 5.41) is 1.23. The van der Waals surface area contributed by atoms with Crippen molar-refractivity contribution in [2.24, 2.45) is 0 Å². The number of allylic oxidation sites excluding steroid dienone is 2. The maximum atomic E-state index is 4.01. The predicted molar refractivity (Wildman–Crippen MR) is 67.7 cm³/mol. The monoisotopic (exact) mass is 197 g/mol. The first kappa shape index (κ1) is 9.78. The standard InChI is InChI=1S/C14H15N/c1-9(2)11-6-5-7-13-14(11)12(8-15-13)10(3)4/h5-8,15H,1,3H2,2,4H3. The predicted octanol–water partition coefficient (Wildman–Crippen LogP) is 4.23. The maximum absolute atomic E-state index is 4.01. The Labute approximate surface area is 90.1 Å². The third-order valence-electron chi connectivity index (χ3n) is 2.63. The zero-order valence-electron chi connectivity index (χ0n) is 9.22. The SMILES string of the molecule is C=C(C)c1cccc2[nH]cc(C(=C)C)c12. The van der Waals surface area contributed by atoms with E-state index < -0.39 is 0 Å². The van der Waals surface area contributed by atoms with Crippen molar-refractivity contribution in [2.45, 2.75) is 13.8 Å². The van der Waals surface area contributed by atoms with Gasteiger partial charge in [0, 0.05) is 22.7 Å². The zero-order valence-corrected chi connectivity index (χ0v) is 9.22. The van der Waals surface area contributed by atoms with E-state index in [4.69, 9.17) is 0 Å². The Balaban J connectivity index is 2.86. The first-order chi connectivity index (χ1) is 7.11. The number of rotatable bonds is 2. The molecule has 0 aliphatic heterocycles. The molecule has 0 amide bonds. The average Bonchev–Trinajstić information content (AvgIpc) is 2.60. The molecule has 1 nitrogen and oxygen atoms in total. The minimum Gasteiger partial charge on any atom is -0.361 e. The molecule has 0 aliphatic carbocycles. The van der Waals surface area contributed by atoms with E-state index in [-0.39, 0.29) is 0 Å². The molecule has 0 spiro atoms. The maximum Gasteiger partial charge on any atom is 0.0466 e. The number of fused-ring (bicyclic) bond motifs is 1. The lowest BCUT2D eigenvalue weighted by Gasteiger charge is -2.05. The fourth-order valence-corrected chi connectivity index (χ4v) is 1.88. The van der Waals surface area contributed by atoms with Crippen molar-refractivity contribution in [3.05, 3.63) is 48.7 Å². The van der Waals surface area contributed by atoms with Crippen molar-refractivity contribution in [3.63, 3.8) is 0 Å². The lowest BCUT2D eigenvalue weighted by Crippen LogP contribution is -1.82. The molecule has 0 saturated heterocycles. The van der Waals surface area contributed by atoms with Crippen LogP contribution in [0.3, 0.4) is 0 Å². The lowest BCUT2D eigenvalue weighted by atomic mass is 9.99. The minimum atomic E-state index is 1.08. The molecule has 1 heteroatoms. The van der Waals surface area contributed by atoms with E-state index in [1.165, 1.54) is 16.5 Å². The first-order valence-electron chi connectivity index (χ1n) is 5.03. The highest BCUT2D eigenvalue weighted by Gasteiger charge is 2.08. The molecule has 0 fully saturated rings. The van der Waals surface area contributed by atoms with Gasteiger partial charge in [-0.15, -0.1) is 0 Å². The van der Waals surface area contributed by atoms with Crippen molar-refractivity contribution < 1.29 is 0 Å². The molecule has 0 atom stereocenters. The van der Waals surface area contributed by atoms with Crippen molar-refractivity contribution in [3.8, 4) is 0 Å². The van der Waals surface area contributed by atoms with Crippen LogP contribution < -0.4 is 0 Å². The summed E-state index contributed by atoms with van der Waals surface area (Å²) < 4.78 is 0. The highest BCUT2D eigenvalue weighted by atomic mass is 14.7. The second kappa shape index (κ2) is 3.43. The summed E-state index contributed by atoms with van der Waals surface area (Å²) in [7, 11) is 0. The van der Waals surface area contributed by atoms with Gasteiger partial charge < -0.3 is 4.98 Å². The van der Waals surface area contributed by atoms with Crippen molar-refractivity contribution in [2.75, 3.05) is 0 Å². The molecule has 0 bridgehead atoms. The van der Waals surface area contributed by atoms with E-state index in [9.17, 15) is 0 Å². The van der Waals surface area contributed by atoms with Gasteiger partial charge in [0.25, 0.3) is 0 Å². The fourth-order valence-electron chi connectivity index (χ4n) is 1.88. The Hall–Kier alpha value is -1.76. The van der Waals surface area contributed by atoms with Gasteiger partial charge in [0.2, 0.25) is 0 Å². The summed E-state index contributed by atoms with van der Waals surface area (Å²) in [5.74, 6) is 0. The summed E-state index contributed by atoms with van der Waals surface area (Å²) >= 11 is 0. The quantitative estimate of drug-likeness (QED) is 0.741. The largest absolute Gasteiger partial charge is 0.361 e. The lowest BCUT2D eigenvalue weighted by molar-refractivity contribution is 1.46. The molecular weight excluding hydrogens is 182 g/mol. The van der Waals surface area contributed by atoms with Gasteiger partial charge in [0.05, 0.1) is 0 Å². The second-order valence-electron chi connectivity index (χ2n) is 3.99. The number of hydrogen-bond acceptors (Lipinski definition) is 0. The Bertz CT molecular complexity index is 543. The van der Waals surface area contributed by atoms with Gasteiger partial charge in [-0.1, -0.05) is 30.9 Å². The molecule has 1 aromatic heterocycles. The zero-order chi connectivity index (χ0) is 11.0. The Kier molecular flexibility index (Phi) is 2.24. The normalized spacial score (nSPS) is 10.5. The third-order valence-corrected chi connectivity index (χ3v) is 2.63. The van der Waals surface area contributed by atoms with E-state index in [0.717, 1.165) is 16.7 Å². The average molecular weight is 197 g/mol. The van der Waals surface area contributed by atoms with Crippen LogP contribution in [0.5, 0.6) is 0 Å². The number of H-pyrrole nitrogens is 1. The molecular formula is C14H15N. The van der Waals surface area contributed by atoms with Crippen molar-refractivity contribution >= 4 is 22.0 Å². The molecule has 76 valence electrons. The van der Waals surface area contributed by atoms with Gasteiger partial charge in [-0.2, -0.15) is 0 Å². The summed E-state index contributed by atoms with van der Waals surface area (Å²) in [6.45, 7) is 12.1. The smallest absolute Gasteiger partial charge is 0.0466 e. The molecule has 0 saturated carbocycles. The summed E-state index contributed by atoms with van der Waals surface area (Å²) in [4.78, 5) is 3.26. The van der Waals surface area contributed by atoms with Gasteiger partial charge in [0.15, 0.2) is 0 Å². The van der Waals surface area contributed by atoms with Gasteiger partial charge in [-0.3, -0.25) is 0 Å². The van der Waals surface area contributed by atoms with Crippen LogP contribution in [0, 0.1) is 0 Å². The van der Waals surface area contributed by atoms with E-state index in [0.29, 0.717) is 0 Å². The van der Waals surface area contributed by atoms with E-state index in [2.05, 4.69) is 30.3 Å². The number of aromatic amines is 1. The van der Waals surface area contributed by atoms with E-state index in [1.54, 1.807) is 0 Å². The summed E-state index contributed by atoms with van der Waals surface area (Å²) in [6.07, 6.45) is 2.01. The van der Waals surface area contributed by atoms with Gasteiger partial charge >= 0.3 is 0 Å². The van der Waals surface area contributed by atoms with Crippen LogP contribution in [0.25, 0.3) is 22.0 Å². The highest BCUT2D eigenvalue weighted by Crippen LogP contribution is 2.30. The second-order valence-corrected chi connectivity index (χ2v) is 3.99. The Morgan fingerprint density at radius 3 is 2.33 bits per heavy atom. The van der Waals surface area contributed by atoms with Crippen molar-refractivity contribution in [1.82, 2.24) is 4.98 Å². The third kappa shape index (κ3) is 1.50. The molecule has 1 N–H and O–H groups in total. The van der Waals surface area contributed by atoms with Crippen LogP contribution in [0.15, 0.2) is 37.6 Å². The van der Waals surface area contributed by atoms with E-state index >= 15 is 0 Å². The van der Waals surface area contributed by atoms with E-state index in [1.807, 2.05) is 26.1 Å². The minimum absolute atomic E-state index is 1.08. The number of benzene rings is 1. The highest BCUT2D eigenvalue weighted by molar-refractivity contribution is 5.99. The summed E-state index contributed by atoms with van der Waals surface area (Å²) in [6, 6.07) is 6.23. The fraction of sp³-hybridized carbons (Fsp3) is 0.143. The molecule has 1 heterocycles. The van der Waals surface area contributed by atoms with Gasteiger partial charge in [-0.05, 0) is 31.1 Å². The van der Waals surface area contributed by atoms with Crippen LogP contribution in [-0.4, -0.2) is 4.98 Å². The van der Waals surface area contributed by atoms with Crippen LogP contribution in [0.1, 0.15) is 25.0 Å². The molecule has 15 heavy (non-hydrogen) atoms. The van der Waals surface area contributed by atoms with Crippen LogP contribution in [0.4, 0.5) is 0 Å². The molecule has 2 aromatic rings. The molecule has 0 unspecified atom stereocenters.